The van der Waals surface area contributed by atoms with Crippen LogP contribution in [0.4, 0.5) is 0 Å². The van der Waals surface area contributed by atoms with Gasteiger partial charge in [0.2, 0.25) is 0 Å². The highest BCUT2D eigenvalue weighted by Crippen LogP contribution is 2.22. The van der Waals surface area contributed by atoms with Crippen molar-refractivity contribution in [1.82, 2.24) is 19.7 Å². The van der Waals surface area contributed by atoms with Crippen molar-refractivity contribution in [1.29, 1.82) is 0 Å². The molecule has 3 rings (SSSR count). The highest BCUT2D eigenvalue weighted by atomic mass is 32.2. The van der Waals surface area contributed by atoms with E-state index in [9.17, 15) is 0 Å². The van der Waals surface area contributed by atoms with Crippen molar-refractivity contribution in [2.45, 2.75) is 11.6 Å². The average molecular weight is 326 g/mol. The second kappa shape index (κ2) is 7.78. The van der Waals surface area contributed by atoms with Crippen LogP contribution < -0.4 is 4.74 Å². The summed E-state index contributed by atoms with van der Waals surface area (Å²) in [5.74, 6) is 2.68. The lowest BCUT2D eigenvalue weighted by Gasteiger charge is -2.06. The van der Waals surface area contributed by atoms with Gasteiger partial charge in [-0.15, -0.1) is 10.2 Å². The quantitative estimate of drug-likeness (QED) is 0.492. The summed E-state index contributed by atoms with van der Waals surface area (Å²) in [6.07, 6.45) is 4.50. The molecule has 3 aromatic rings. The minimum absolute atomic E-state index is 0.699. The minimum atomic E-state index is 0.699. The van der Waals surface area contributed by atoms with Crippen LogP contribution in [0.2, 0.25) is 0 Å². The fourth-order valence-corrected chi connectivity index (χ4v) is 2.94. The molecule has 0 N–H and O–H groups in total. The molecule has 5 nitrogen and oxygen atoms in total. The molecule has 0 unspecified atom stereocenters. The Bertz CT molecular complexity index is 731. The van der Waals surface area contributed by atoms with Gasteiger partial charge in [0.1, 0.15) is 5.75 Å². The van der Waals surface area contributed by atoms with Gasteiger partial charge in [0.25, 0.3) is 0 Å². The number of nitrogens with zero attached hydrogens (tertiary/aromatic N) is 4. The maximum absolute atomic E-state index is 5.68. The van der Waals surface area contributed by atoms with Gasteiger partial charge in [0.15, 0.2) is 11.0 Å². The first-order valence-electron chi connectivity index (χ1n) is 7.45. The van der Waals surface area contributed by atoms with Crippen LogP contribution in [0.5, 0.6) is 5.75 Å². The molecule has 0 aliphatic rings. The topological polar surface area (TPSA) is 52.8 Å². The number of aromatic nitrogens is 4. The van der Waals surface area contributed by atoms with E-state index in [-0.39, 0.29) is 0 Å². The first kappa shape index (κ1) is 15.6. The summed E-state index contributed by atoms with van der Waals surface area (Å²) in [7, 11) is 1.98. The summed E-state index contributed by atoms with van der Waals surface area (Å²) >= 11 is 1.69. The molecule has 0 fully saturated rings. The van der Waals surface area contributed by atoms with Crippen molar-refractivity contribution in [2.24, 2.45) is 7.05 Å². The molecular formula is C17H18N4OS. The van der Waals surface area contributed by atoms with Crippen molar-refractivity contribution in [3.05, 3.63) is 54.9 Å². The SMILES string of the molecule is Cn1c(SCCCOc2ccccc2)nnc1-c1cccnc1. The Morgan fingerprint density at radius 3 is 2.74 bits per heavy atom. The number of hydrogen-bond donors (Lipinski definition) is 0. The normalized spacial score (nSPS) is 10.7. The van der Waals surface area contributed by atoms with Gasteiger partial charge in [-0.3, -0.25) is 4.98 Å². The number of benzene rings is 1. The number of thioether (sulfide) groups is 1. The summed E-state index contributed by atoms with van der Waals surface area (Å²) < 4.78 is 7.68. The van der Waals surface area contributed by atoms with E-state index in [0.717, 1.165) is 34.5 Å². The molecule has 0 saturated heterocycles. The van der Waals surface area contributed by atoms with Crippen LogP contribution in [0.3, 0.4) is 0 Å². The molecule has 0 saturated carbocycles. The van der Waals surface area contributed by atoms with E-state index in [1.54, 1.807) is 24.2 Å². The number of pyridine rings is 1. The van der Waals surface area contributed by atoms with Gasteiger partial charge in [0, 0.05) is 30.8 Å². The van der Waals surface area contributed by atoms with Crippen molar-refractivity contribution in [2.75, 3.05) is 12.4 Å². The Kier molecular flexibility index (Phi) is 5.26. The maximum Gasteiger partial charge on any atom is 0.191 e. The number of hydrogen-bond acceptors (Lipinski definition) is 5. The van der Waals surface area contributed by atoms with Gasteiger partial charge in [-0.2, -0.15) is 0 Å². The largest absolute Gasteiger partial charge is 0.494 e. The molecule has 0 aliphatic heterocycles. The molecule has 0 radical (unpaired) electrons. The molecule has 0 aliphatic carbocycles. The van der Waals surface area contributed by atoms with Crippen molar-refractivity contribution in [3.63, 3.8) is 0 Å². The second-order valence-electron chi connectivity index (χ2n) is 4.97. The summed E-state index contributed by atoms with van der Waals surface area (Å²) in [4.78, 5) is 4.12. The zero-order chi connectivity index (χ0) is 15.9. The zero-order valence-corrected chi connectivity index (χ0v) is 13.7. The van der Waals surface area contributed by atoms with Crippen LogP contribution in [-0.2, 0) is 7.05 Å². The highest BCUT2D eigenvalue weighted by molar-refractivity contribution is 7.99. The minimum Gasteiger partial charge on any atom is -0.494 e. The first-order valence-corrected chi connectivity index (χ1v) is 8.43. The third-order valence-corrected chi connectivity index (χ3v) is 4.39. The van der Waals surface area contributed by atoms with E-state index < -0.39 is 0 Å². The first-order chi connectivity index (χ1) is 11.3. The zero-order valence-electron chi connectivity index (χ0n) is 12.9. The molecule has 23 heavy (non-hydrogen) atoms. The lowest BCUT2D eigenvalue weighted by atomic mass is 10.3. The monoisotopic (exact) mass is 326 g/mol. The summed E-state index contributed by atoms with van der Waals surface area (Å²) in [6, 6.07) is 13.8. The average Bonchev–Trinajstić information content (AvgIpc) is 2.97. The number of para-hydroxylation sites is 1. The predicted molar refractivity (Wildman–Crippen MR) is 91.5 cm³/mol. The third-order valence-electron chi connectivity index (χ3n) is 3.29. The van der Waals surface area contributed by atoms with Gasteiger partial charge in [-0.05, 0) is 30.7 Å². The van der Waals surface area contributed by atoms with E-state index in [1.165, 1.54) is 0 Å². The lowest BCUT2D eigenvalue weighted by Crippen LogP contribution is -2.00. The van der Waals surface area contributed by atoms with E-state index in [2.05, 4.69) is 15.2 Å². The summed E-state index contributed by atoms with van der Waals surface area (Å²) in [6.45, 7) is 0.699. The number of ether oxygens (including phenoxy) is 1. The van der Waals surface area contributed by atoms with E-state index >= 15 is 0 Å². The van der Waals surface area contributed by atoms with Crippen molar-refractivity contribution in [3.8, 4) is 17.1 Å². The predicted octanol–water partition coefficient (Wildman–Crippen LogP) is 3.44. The Labute approximate surface area is 139 Å². The van der Waals surface area contributed by atoms with Gasteiger partial charge >= 0.3 is 0 Å². The van der Waals surface area contributed by atoms with E-state index in [1.807, 2.05) is 54.1 Å². The molecule has 2 aromatic heterocycles. The van der Waals surface area contributed by atoms with E-state index in [0.29, 0.717) is 6.61 Å². The Morgan fingerprint density at radius 2 is 1.96 bits per heavy atom. The van der Waals surface area contributed by atoms with Crippen LogP contribution in [0.15, 0.2) is 60.0 Å². The van der Waals surface area contributed by atoms with Crippen LogP contribution in [0.1, 0.15) is 6.42 Å². The smallest absolute Gasteiger partial charge is 0.191 e. The summed E-state index contributed by atoms with van der Waals surface area (Å²) in [5, 5.41) is 9.41. The molecule has 0 spiro atoms. The molecule has 2 heterocycles. The molecule has 0 amide bonds. The maximum atomic E-state index is 5.68. The lowest BCUT2D eigenvalue weighted by molar-refractivity contribution is 0.318. The second-order valence-corrected chi connectivity index (χ2v) is 6.03. The molecular weight excluding hydrogens is 308 g/mol. The van der Waals surface area contributed by atoms with Crippen LogP contribution in [0, 0.1) is 0 Å². The van der Waals surface area contributed by atoms with Crippen molar-refractivity contribution >= 4 is 11.8 Å². The molecule has 0 bridgehead atoms. The Morgan fingerprint density at radius 1 is 1.09 bits per heavy atom. The van der Waals surface area contributed by atoms with Gasteiger partial charge in [-0.25, -0.2) is 0 Å². The summed E-state index contributed by atoms with van der Waals surface area (Å²) in [5.41, 5.74) is 0.974. The molecule has 0 atom stereocenters. The van der Waals surface area contributed by atoms with Crippen molar-refractivity contribution < 1.29 is 4.74 Å². The fraction of sp³-hybridized carbons (Fsp3) is 0.235. The van der Waals surface area contributed by atoms with Gasteiger partial charge in [0.05, 0.1) is 6.61 Å². The third kappa shape index (κ3) is 4.10. The Balaban J connectivity index is 1.49. The Hall–Kier alpha value is -2.34. The fourth-order valence-electron chi connectivity index (χ4n) is 2.12. The molecule has 6 heteroatoms. The van der Waals surface area contributed by atoms with Crippen LogP contribution in [-0.4, -0.2) is 32.1 Å². The van der Waals surface area contributed by atoms with Crippen LogP contribution in [0.25, 0.3) is 11.4 Å². The highest BCUT2D eigenvalue weighted by Gasteiger charge is 2.10. The van der Waals surface area contributed by atoms with Gasteiger partial charge in [-0.1, -0.05) is 30.0 Å². The molecule has 118 valence electrons. The standard InChI is InChI=1S/C17H18N4OS/c1-21-16(14-7-5-10-18-13-14)19-20-17(21)23-12-6-11-22-15-8-3-2-4-9-15/h2-5,7-10,13H,6,11-12H2,1H3. The number of rotatable bonds is 7. The van der Waals surface area contributed by atoms with Crippen LogP contribution >= 0.6 is 11.8 Å². The molecule has 1 aromatic carbocycles. The van der Waals surface area contributed by atoms with Gasteiger partial charge < -0.3 is 9.30 Å². The van der Waals surface area contributed by atoms with E-state index in [4.69, 9.17) is 4.74 Å².